The summed E-state index contributed by atoms with van der Waals surface area (Å²) >= 11 is 5.14. The quantitative estimate of drug-likeness (QED) is 0.621. The molecule has 2 heterocycles. The second kappa shape index (κ2) is 7.71. The zero-order valence-electron chi connectivity index (χ0n) is 14.7. The summed E-state index contributed by atoms with van der Waals surface area (Å²) in [6.07, 6.45) is 1.65. The van der Waals surface area contributed by atoms with Crippen molar-refractivity contribution in [1.29, 1.82) is 0 Å². The zero-order valence-corrected chi connectivity index (χ0v) is 16.3. The first-order valence-electron chi connectivity index (χ1n) is 8.39. The molecule has 0 saturated carbocycles. The van der Waals surface area contributed by atoms with Crippen molar-refractivity contribution in [3.05, 3.63) is 58.4 Å². The van der Waals surface area contributed by atoms with E-state index in [4.69, 9.17) is 12.2 Å². The molecule has 0 radical (unpaired) electrons. The largest absolute Gasteiger partial charge is 0.352 e. The number of hydrogen-bond donors (Lipinski definition) is 1. The molecule has 1 amide bonds. The van der Waals surface area contributed by atoms with E-state index in [1.165, 1.54) is 35.5 Å². The third kappa shape index (κ3) is 4.00. The van der Waals surface area contributed by atoms with Crippen LogP contribution in [0.1, 0.15) is 27.6 Å². The lowest BCUT2D eigenvalue weighted by Crippen LogP contribution is -2.50. The molecule has 1 aliphatic heterocycles. The Morgan fingerprint density at radius 3 is 2.22 bits per heavy atom. The molecule has 1 aromatic heterocycles. The molecule has 1 aromatic carbocycles. The van der Waals surface area contributed by atoms with Crippen LogP contribution in [0.5, 0.6) is 0 Å². The van der Waals surface area contributed by atoms with E-state index in [1.54, 1.807) is 23.2 Å². The third-order valence-corrected chi connectivity index (χ3v) is 6.72. The summed E-state index contributed by atoms with van der Waals surface area (Å²) in [6, 6.07) is 9.24. The van der Waals surface area contributed by atoms with Crippen LogP contribution in [0.15, 0.2) is 47.5 Å². The average molecular weight is 406 g/mol. The smallest absolute Gasteiger partial charge is 0.256 e. The van der Waals surface area contributed by atoms with Gasteiger partial charge in [-0.3, -0.25) is 9.59 Å². The first kappa shape index (κ1) is 19.4. The minimum Gasteiger partial charge on any atom is -0.352 e. The highest BCUT2D eigenvalue weighted by molar-refractivity contribution is 7.89. The SMILES string of the molecule is CC(=O)c1ccc(S(=O)(=O)N2CCN(C(=O)c3ccc[nH]c3=S)CC2)cc1. The summed E-state index contributed by atoms with van der Waals surface area (Å²) in [7, 11) is -3.67. The molecule has 0 spiro atoms. The number of carbonyl (C=O) groups excluding carboxylic acids is 2. The van der Waals surface area contributed by atoms with Gasteiger partial charge in [0, 0.05) is 37.9 Å². The molecular formula is C18H19N3O4S2. The van der Waals surface area contributed by atoms with Gasteiger partial charge in [-0.2, -0.15) is 4.31 Å². The number of sulfonamides is 1. The van der Waals surface area contributed by atoms with Crippen molar-refractivity contribution in [3.8, 4) is 0 Å². The van der Waals surface area contributed by atoms with Crippen molar-refractivity contribution >= 4 is 33.9 Å². The molecule has 0 bridgehead atoms. The van der Waals surface area contributed by atoms with Gasteiger partial charge in [-0.15, -0.1) is 0 Å². The van der Waals surface area contributed by atoms with Crippen LogP contribution in [-0.4, -0.2) is 60.5 Å². The minimum atomic E-state index is -3.67. The van der Waals surface area contributed by atoms with Crippen molar-refractivity contribution in [3.63, 3.8) is 0 Å². The molecule has 0 unspecified atom stereocenters. The fraction of sp³-hybridized carbons (Fsp3) is 0.278. The molecule has 27 heavy (non-hydrogen) atoms. The monoisotopic (exact) mass is 405 g/mol. The number of ketones is 1. The number of rotatable bonds is 4. The van der Waals surface area contributed by atoms with Gasteiger partial charge >= 0.3 is 0 Å². The summed E-state index contributed by atoms with van der Waals surface area (Å²) < 4.78 is 27.3. The maximum atomic E-state index is 12.8. The summed E-state index contributed by atoms with van der Waals surface area (Å²) in [5, 5.41) is 0. The summed E-state index contributed by atoms with van der Waals surface area (Å²) in [5.41, 5.74) is 0.868. The van der Waals surface area contributed by atoms with Crippen LogP contribution < -0.4 is 0 Å². The highest BCUT2D eigenvalue weighted by atomic mass is 32.2. The van der Waals surface area contributed by atoms with Crippen molar-refractivity contribution < 1.29 is 18.0 Å². The van der Waals surface area contributed by atoms with Crippen molar-refractivity contribution in [1.82, 2.24) is 14.2 Å². The normalized spacial score (nSPS) is 15.5. The van der Waals surface area contributed by atoms with E-state index in [9.17, 15) is 18.0 Å². The van der Waals surface area contributed by atoms with E-state index in [0.29, 0.717) is 15.8 Å². The van der Waals surface area contributed by atoms with E-state index < -0.39 is 10.0 Å². The number of amides is 1. The third-order valence-electron chi connectivity index (χ3n) is 4.47. The molecule has 1 fully saturated rings. The Bertz CT molecular complexity index is 1020. The fourth-order valence-corrected chi connectivity index (χ4v) is 4.55. The number of nitrogens with one attached hydrogen (secondary N) is 1. The van der Waals surface area contributed by atoms with Crippen molar-refractivity contribution in [2.24, 2.45) is 0 Å². The highest BCUT2D eigenvalue weighted by Crippen LogP contribution is 2.19. The maximum Gasteiger partial charge on any atom is 0.256 e. The molecule has 142 valence electrons. The first-order chi connectivity index (χ1) is 12.8. The number of aromatic amines is 1. The highest BCUT2D eigenvalue weighted by Gasteiger charge is 2.30. The number of pyridine rings is 1. The predicted molar refractivity (Wildman–Crippen MR) is 103 cm³/mol. The number of hydrogen-bond acceptors (Lipinski definition) is 5. The van der Waals surface area contributed by atoms with Crippen LogP contribution in [0.2, 0.25) is 0 Å². The van der Waals surface area contributed by atoms with Crippen molar-refractivity contribution in [2.75, 3.05) is 26.2 Å². The molecule has 9 heteroatoms. The van der Waals surface area contributed by atoms with Gasteiger partial charge < -0.3 is 9.88 Å². The molecular weight excluding hydrogens is 386 g/mol. The van der Waals surface area contributed by atoms with Gasteiger partial charge in [0.2, 0.25) is 10.0 Å². The summed E-state index contributed by atoms with van der Waals surface area (Å²) in [4.78, 5) is 28.5. The van der Waals surface area contributed by atoms with Gasteiger partial charge in [0.1, 0.15) is 4.64 Å². The molecule has 0 atom stereocenters. The van der Waals surface area contributed by atoms with Gasteiger partial charge in [0.15, 0.2) is 5.78 Å². The fourth-order valence-electron chi connectivity index (χ4n) is 2.90. The first-order valence-corrected chi connectivity index (χ1v) is 10.2. The van der Waals surface area contributed by atoms with Gasteiger partial charge in [0.05, 0.1) is 10.5 Å². The van der Waals surface area contributed by atoms with E-state index in [2.05, 4.69) is 4.98 Å². The van der Waals surface area contributed by atoms with Crippen LogP contribution in [0, 0.1) is 4.64 Å². The van der Waals surface area contributed by atoms with Crippen LogP contribution in [0.3, 0.4) is 0 Å². The lowest BCUT2D eigenvalue weighted by molar-refractivity contribution is 0.0696. The van der Waals surface area contributed by atoms with Gasteiger partial charge in [-0.1, -0.05) is 24.4 Å². The molecule has 1 aliphatic rings. The Hall–Kier alpha value is -2.36. The Balaban J connectivity index is 1.71. The van der Waals surface area contributed by atoms with Crippen molar-refractivity contribution in [2.45, 2.75) is 11.8 Å². The number of benzene rings is 1. The van der Waals surface area contributed by atoms with Crippen LogP contribution in [0.4, 0.5) is 0 Å². The standard InChI is InChI=1S/C18H19N3O4S2/c1-13(22)14-4-6-15(7-5-14)27(24,25)21-11-9-20(10-12-21)18(23)16-3-2-8-19-17(16)26/h2-8H,9-12H2,1H3,(H,19,26). The molecule has 2 aromatic rings. The van der Waals surface area contributed by atoms with Gasteiger partial charge in [-0.05, 0) is 31.2 Å². The number of aromatic nitrogens is 1. The molecule has 0 aliphatic carbocycles. The Morgan fingerprint density at radius 1 is 1.04 bits per heavy atom. The number of carbonyl (C=O) groups is 2. The van der Waals surface area contributed by atoms with E-state index >= 15 is 0 Å². The average Bonchev–Trinajstić information content (AvgIpc) is 2.68. The molecule has 3 rings (SSSR count). The lowest BCUT2D eigenvalue weighted by atomic mass is 10.2. The number of H-pyrrole nitrogens is 1. The van der Waals surface area contributed by atoms with Crippen LogP contribution >= 0.6 is 12.2 Å². The summed E-state index contributed by atoms with van der Waals surface area (Å²) in [5.74, 6) is -0.329. The lowest BCUT2D eigenvalue weighted by Gasteiger charge is -2.34. The number of nitrogens with zero attached hydrogens (tertiary/aromatic N) is 2. The van der Waals surface area contributed by atoms with E-state index in [-0.39, 0.29) is 42.8 Å². The Kier molecular flexibility index (Phi) is 5.54. The second-order valence-electron chi connectivity index (χ2n) is 6.19. The number of piperazine rings is 1. The van der Waals surface area contributed by atoms with E-state index in [0.717, 1.165) is 0 Å². The van der Waals surface area contributed by atoms with Crippen LogP contribution in [0.25, 0.3) is 0 Å². The predicted octanol–water partition coefficient (Wildman–Crippen LogP) is 2.09. The minimum absolute atomic E-state index is 0.120. The Morgan fingerprint density at radius 2 is 1.67 bits per heavy atom. The Labute approximate surface area is 162 Å². The maximum absolute atomic E-state index is 12.8. The summed E-state index contributed by atoms with van der Waals surface area (Å²) in [6.45, 7) is 2.40. The molecule has 7 nitrogen and oxygen atoms in total. The number of Topliss-reactive ketones (excluding diaryl/α,β-unsaturated/α-hetero) is 1. The molecule has 1 saturated heterocycles. The van der Waals surface area contributed by atoms with E-state index in [1.807, 2.05) is 0 Å². The van der Waals surface area contributed by atoms with Gasteiger partial charge in [-0.25, -0.2) is 8.42 Å². The zero-order chi connectivity index (χ0) is 19.6. The second-order valence-corrected chi connectivity index (χ2v) is 8.54. The van der Waals surface area contributed by atoms with Gasteiger partial charge in [0.25, 0.3) is 5.91 Å². The topological polar surface area (TPSA) is 90.6 Å². The molecule has 1 N–H and O–H groups in total. The van der Waals surface area contributed by atoms with Crippen LogP contribution in [-0.2, 0) is 10.0 Å².